The molecule has 0 spiro atoms. The molecule has 4 rings (SSSR count). The molecule has 4 aromatic rings. The molecule has 168 valence electrons. The predicted octanol–water partition coefficient (Wildman–Crippen LogP) is 5.60. The number of nitrogens with one attached hydrogen (secondary N) is 1. The summed E-state index contributed by atoms with van der Waals surface area (Å²) in [5.41, 5.74) is 2.63. The van der Waals surface area contributed by atoms with E-state index in [-0.39, 0.29) is 17.8 Å². The number of halogens is 1. The standard InChI is InChI=1S/C26H25FN4O2/c1-3-21(18-10-6-5-7-11-18)25(32)28-19-14-16-20(17-15-19)31-24(29-26(30-31)33-4-2)22-12-8-9-13-23(22)27/h5-17,21H,3-4H2,1-2H3,(H,28,32). The fourth-order valence-electron chi connectivity index (χ4n) is 3.65. The summed E-state index contributed by atoms with van der Waals surface area (Å²) in [5, 5.41) is 7.37. The van der Waals surface area contributed by atoms with Gasteiger partial charge in [-0.1, -0.05) is 49.4 Å². The largest absolute Gasteiger partial charge is 0.463 e. The minimum absolute atomic E-state index is 0.0668. The van der Waals surface area contributed by atoms with E-state index in [1.54, 1.807) is 42.5 Å². The molecule has 0 aliphatic carbocycles. The molecule has 1 amide bonds. The minimum atomic E-state index is -0.399. The third kappa shape index (κ3) is 4.92. The molecule has 1 aromatic heterocycles. The molecular formula is C26H25FN4O2. The van der Waals surface area contributed by atoms with Gasteiger partial charge in [-0.2, -0.15) is 4.98 Å². The predicted molar refractivity (Wildman–Crippen MR) is 126 cm³/mol. The second-order valence-electron chi connectivity index (χ2n) is 7.45. The molecule has 33 heavy (non-hydrogen) atoms. The Hall–Kier alpha value is -4.00. The Bertz CT molecular complexity index is 1220. The van der Waals surface area contributed by atoms with Crippen molar-refractivity contribution in [3.8, 4) is 23.1 Å². The first-order valence-electron chi connectivity index (χ1n) is 10.9. The molecule has 3 aromatic carbocycles. The lowest BCUT2D eigenvalue weighted by molar-refractivity contribution is -0.117. The molecule has 0 aliphatic rings. The van der Waals surface area contributed by atoms with Crippen molar-refractivity contribution < 1.29 is 13.9 Å². The van der Waals surface area contributed by atoms with Gasteiger partial charge in [-0.15, -0.1) is 5.10 Å². The van der Waals surface area contributed by atoms with Crippen LogP contribution in [-0.4, -0.2) is 27.3 Å². The van der Waals surface area contributed by atoms with E-state index in [0.717, 1.165) is 5.56 Å². The number of amides is 1. The van der Waals surface area contributed by atoms with Crippen molar-refractivity contribution in [1.82, 2.24) is 14.8 Å². The number of hydrogen-bond acceptors (Lipinski definition) is 4. The number of rotatable bonds is 8. The number of aromatic nitrogens is 3. The average molecular weight is 445 g/mol. The van der Waals surface area contributed by atoms with Crippen LogP contribution >= 0.6 is 0 Å². The second-order valence-corrected chi connectivity index (χ2v) is 7.45. The monoisotopic (exact) mass is 444 g/mol. The van der Waals surface area contributed by atoms with Crippen LogP contribution in [-0.2, 0) is 4.79 Å². The van der Waals surface area contributed by atoms with Crippen LogP contribution < -0.4 is 10.1 Å². The van der Waals surface area contributed by atoms with E-state index in [1.165, 1.54) is 10.7 Å². The molecule has 1 heterocycles. The van der Waals surface area contributed by atoms with E-state index in [0.29, 0.717) is 35.8 Å². The topological polar surface area (TPSA) is 69.0 Å². The first kappa shape index (κ1) is 22.2. The zero-order chi connectivity index (χ0) is 23.2. The maximum atomic E-state index is 14.5. The maximum Gasteiger partial charge on any atom is 0.336 e. The van der Waals surface area contributed by atoms with E-state index in [2.05, 4.69) is 15.4 Å². The van der Waals surface area contributed by atoms with Crippen molar-refractivity contribution in [2.45, 2.75) is 26.2 Å². The molecule has 1 unspecified atom stereocenters. The van der Waals surface area contributed by atoms with Crippen molar-refractivity contribution >= 4 is 11.6 Å². The third-order valence-corrected chi connectivity index (χ3v) is 5.28. The molecule has 7 heteroatoms. The first-order valence-corrected chi connectivity index (χ1v) is 10.9. The molecule has 1 N–H and O–H groups in total. The fraction of sp³-hybridized carbons (Fsp3) is 0.192. The van der Waals surface area contributed by atoms with Crippen LogP contribution in [0, 0.1) is 5.82 Å². The van der Waals surface area contributed by atoms with E-state index < -0.39 is 5.82 Å². The highest BCUT2D eigenvalue weighted by Gasteiger charge is 2.20. The van der Waals surface area contributed by atoms with Gasteiger partial charge in [-0.05, 0) is 55.3 Å². The van der Waals surface area contributed by atoms with Crippen LogP contribution in [0.5, 0.6) is 6.01 Å². The van der Waals surface area contributed by atoms with Crippen LogP contribution in [0.1, 0.15) is 31.7 Å². The van der Waals surface area contributed by atoms with Gasteiger partial charge >= 0.3 is 6.01 Å². The van der Waals surface area contributed by atoms with Crippen LogP contribution in [0.15, 0.2) is 78.9 Å². The molecule has 0 saturated heterocycles. The number of carbonyl (C=O) groups is 1. The van der Waals surface area contributed by atoms with Crippen molar-refractivity contribution in [2.24, 2.45) is 0 Å². The summed E-state index contributed by atoms with van der Waals surface area (Å²) in [7, 11) is 0. The quantitative estimate of drug-likeness (QED) is 0.384. The lowest BCUT2D eigenvalue weighted by atomic mass is 9.95. The molecule has 0 saturated carbocycles. The minimum Gasteiger partial charge on any atom is -0.463 e. The Morgan fingerprint density at radius 1 is 1.00 bits per heavy atom. The molecule has 1 atom stereocenters. The molecular weight excluding hydrogens is 419 g/mol. The van der Waals surface area contributed by atoms with Crippen LogP contribution in [0.4, 0.5) is 10.1 Å². The van der Waals surface area contributed by atoms with Crippen molar-refractivity contribution in [3.63, 3.8) is 0 Å². The number of benzene rings is 3. The lowest BCUT2D eigenvalue weighted by Crippen LogP contribution is -2.20. The summed E-state index contributed by atoms with van der Waals surface area (Å²) in [6.45, 7) is 4.22. The molecule has 0 bridgehead atoms. The number of nitrogens with zero attached hydrogens (tertiary/aromatic N) is 3. The Morgan fingerprint density at radius 3 is 2.36 bits per heavy atom. The highest BCUT2D eigenvalue weighted by Crippen LogP contribution is 2.27. The Kier molecular flexibility index (Phi) is 6.78. The van der Waals surface area contributed by atoms with Gasteiger partial charge in [0.05, 0.1) is 23.8 Å². The number of hydrogen-bond donors (Lipinski definition) is 1. The van der Waals surface area contributed by atoms with Crippen LogP contribution in [0.3, 0.4) is 0 Å². The third-order valence-electron chi connectivity index (χ3n) is 5.28. The van der Waals surface area contributed by atoms with E-state index in [1.807, 2.05) is 44.2 Å². The highest BCUT2D eigenvalue weighted by molar-refractivity contribution is 5.95. The summed E-state index contributed by atoms with van der Waals surface area (Å²) >= 11 is 0. The van der Waals surface area contributed by atoms with Gasteiger partial charge < -0.3 is 10.1 Å². The van der Waals surface area contributed by atoms with Gasteiger partial charge in [0.25, 0.3) is 0 Å². The first-order chi connectivity index (χ1) is 16.1. The second kappa shape index (κ2) is 10.1. The Labute approximate surface area is 192 Å². The Morgan fingerprint density at radius 2 is 1.70 bits per heavy atom. The van der Waals surface area contributed by atoms with Crippen LogP contribution in [0.25, 0.3) is 17.1 Å². The van der Waals surface area contributed by atoms with Gasteiger partial charge in [0.1, 0.15) is 5.82 Å². The van der Waals surface area contributed by atoms with E-state index >= 15 is 0 Å². The van der Waals surface area contributed by atoms with Gasteiger partial charge in [0, 0.05) is 5.69 Å². The van der Waals surface area contributed by atoms with Crippen LogP contribution in [0.2, 0.25) is 0 Å². The number of carbonyl (C=O) groups excluding carboxylic acids is 1. The van der Waals surface area contributed by atoms with Gasteiger partial charge in [0.2, 0.25) is 5.91 Å². The van der Waals surface area contributed by atoms with E-state index in [4.69, 9.17) is 4.74 Å². The number of anilines is 1. The van der Waals surface area contributed by atoms with Crippen molar-refractivity contribution in [3.05, 3.63) is 90.2 Å². The lowest BCUT2D eigenvalue weighted by Gasteiger charge is -2.15. The summed E-state index contributed by atoms with van der Waals surface area (Å²) in [5.74, 6) is -0.362. The summed E-state index contributed by atoms with van der Waals surface area (Å²) in [6, 6.07) is 23.5. The number of ether oxygens (including phenoxy) is 1. The Balaban J connectivity index is 1.59. The SMILES string of the molecule is CCOc1nc(-c2ccccc2F)n(-c2ccc(NC(=O)C(CC)c3ccccc3)cc2)n1. The zero-order valence-electron chi connectivity index (χ0n) is 18.5. The summed E-state index contributed by atoms with van der Waals surface area (Å²) in [4.78, 5) is 17.2. The smallest absolute Gasteiger partial charge is 0.336 e. The van der Waals surface area contributed by atoms with Crippen molar-refractivity contribution in [1.29, 1.82) is 0 Å². The van der Waals surface area contributed by atoms with Gasteiger partial charge in [-0.3, -0.25) is 4.79 Å². The average Bonchev–Trinajstić information content (AvgIpc) is 3.25. The normalized spacial score (nSPS) is 11.7. The molecule has 0 aliphatic heterocycles. The molecule has 0 fully saturated rings. The zero-order valence-corrected chi connectivity index (χ0v) is 18.5. The summed E-state index contributed by atoms with van der Waals surface area (Å²) < 4.78 is 21.4. The van der Waals surface area contributed by atoms with Crippen molar-refractivity contribution in [2.75, 3.05) is 11.9 Å². The van der Waals surface area contributed by atoms with Gasteiger partial charge in [-0.25, -0.2) is 9.07 Å². The van der Waals surface area contributed by atoms with Gasteiger partial charge in [0.15, 0.2) is 5.82 Å². The fourth-order valence-corrected chi connectivity index (χ4v) is 3.65. The maximum absolute atomic E-state index is 14.5. The highest BCUT2D eigenvalue weighted by atomic mass is 19.1. The van der Waals surface area contributed by atoms with E-state index in [9.17, 15) is 9.18 Å². The summed E-state index contributed by atoms with van der Waals surface area (Å²) in [6.07, 6.45) is 0.694. The molecule has 0 radical (unpaired) electrons. The molecule has 6 nitrogen and oxygen atoms in total.